The van der Waals surface area contributed by atoms with Gasteiger partial charge in [-0.2, -0.15) is 5.10 Å². The third-order valence-electron chi connectivity index (χ3n) is 4.11. The third-order valence-corrected chi connectivity index (χ3v) is 6.37. The molecule has 7 heteroatoms. The lowest BCUT2D eigenvalue weighted by molar-refractivity contribution is 0.551. The number of hydrogen-bond donors (Lipinski definition) is 1. The molecule has 1 atom stereocenters. The Morgan fingerprint density at radius 1 is 1.29 bits per heavy atom. The molecule has 0 spiro atoms. The number of rotatable bonds is 8. The lowest BCUT2D eigenvalue weighted by Crippen LogP contribution is -2.25. The molecule has 1 aromatic heterocycles. The molecule has 2 aromatic rings. The standard InChI is InChI=1S/C17H24BrN3O2S/c1-4-13(2)15-6-8-16(9-7-15)24(22,23)19-10-5-11-21-12-17(18)14(3)20-21/h6-9,12-13,19H,4-5,10-11H2,1-3H3. The lowest BCUT2D eigenvalue weighted by Gasteiger charge is -2.11. The summed E-state index contributed by atoms with van der Waals surface area (Å²) >= 11 is 3.41. The Labute approximate surface area is 152 Å². The molecule has 0 aliphatic heterocycles. The van der Waals surface area contributed by atoms with Crippen molar-refractivity contribution in [1.82, 2.24) is 14.5 Å². The van der Waals surface area contributed by atoms with Crippen molar-refractivity contribution >= 4 is 26.0 Å². The highest BCUT2D eigenvalue weighted by atomic mass is 79.9. The Morgan fingerprint density at radius 3 is 2.50 bits per heavy atom. The molecule has 24 heavy (non-hydrogen) atoms. The van der Waals surface area contributed by atoms with E-state index < -0.39 is 10.0 Å². The minimum Gasteiger partial charge on any atom is -0.271 e. The fourth-order valence-electron chi connectivity index (χ4n) is 2.35. The number of benzene rings is 1. The van der Waals surface area contributed by atoms with E-state index in [2.05, 4.69) is 39.6 Å². The molecule has 1 N–H and O–H groups in total. The van der Waals surface area contributed by atoms with Crippen molar-refractivity contribution in [3.05, 3.63) is 46.2 Å². The molecule has 0 saturated carbocycles. The van der Waals surface area contributed by atoms with Crippen LogP contribution in [0.25, 0.3) is 0 Å². The Hall–Kier alpha value is -1.18. The van der Waals surface area contributed by atoms with Crippen molar-refractivity contribution in [2.75, 3.05) is 6.54 Å². The zero-order valence-corrected chi connectivity index (χ0v) is 16.7. The molecular weight excluding hydrogens is 390 g/mol. The van der Waals surface area contributed by atoms with Crippen LogP contribution in [-0.2, 0) is 16.6 Å². The van der Waals surface area contributed by atoms with E-state index in [1.54, 1.807) is 12.1 Å². The van der Waals surface area contributed by atoms with Gasteiger partial charge >= 0.3 is 0 Å². The van der Waals surface area contributed by atoms with Gasteiger partial charge < -0.3 is 0 Å². The van der Waals surface area contributed by atoms with Crippen molar-refractivity contribution in [3.8, 4) is 0 Å². The van der Waals surface area contributed by atoms with E-state index in [0.717, 1.165) is 22.2 Å². The molecule has 0 bridgehead atoms. The fraction of sp³-hybridized carbons (Fsp3) is 0.471. The number of aryl methyl sites for hydroxylation is 2. The average molecular weight is 414 g/mol. The van der Waals surface area contributed by atoms with Crippen molar-refractivity contribution in [2.24, 2.45) is 0 Å². The first-order valence-electron chi connectivity index (χ1n) is 8.12. The van der Waals surface area contributed by atoms with Gasteiger partial charge in [-0.3, -0.25) is 4.68 Å². The van der Waals surface area contributed by atoms with E-state index in [0.29, 0.717) is 30.3 Å². The maximum atomic E-state index is 12.3. The monoisotopic (exact) mass is 413 g/mol. The maximum absolute atomic E-state index is 12.3. The van der Waals surface area contributed by atoms with Crippen molar-refractivity contribution in [2.45, 2.75) is 51.0 Å². The van der Waals surface area contributed by atoms with Crippen LogP contribution in [0.5, 0.6) is 0 Å². The van der Waals surface area contributed by atoms with Gasteiger partial charge in [-0.25, -0.2) is 13.1 Å². The summed E-state index contributed by atoms with van der Waals surface area (Å²) in [4.78, 5) is 0.312. The molecule has 132 valence electrons. The first kappa shape index (κ1) is 19.1. The Kier molecular flexibility index (Phi) is 6.60. The van der Waals surface area contributed by atoms with Gasteiger partial charge in [-0.05, 0) is 59.3 Å². The summed E-state index contributed by atoms with van der Waals surface area (Å²) in [6.07, 6.45) is 3.61. The molecule has 2 rings (SSSR count). The van der Waals surface area contributed by atoms with Crippen LogP contribution in [0.1, 0.15) is 43.9 Å². The summed E-state index contributed by atoms with van der Waals surface area (Å²) in [6, 6.07) is 7.15. The summed E-state index contributed by atoms with van der Waals surface area (Å²) in [5.41, 5.74) is 2.09. The number of aromatic nitrogens is 2. The van der Waals surface area contributed by atoms with Gasteiger partial charge in [-0.1, -0.05) is 26.0 Å². The molecule has 5 nitrogen and oxygen atoms in total. The number of nitrogens with one attached hydrogen (secondary N) is 1. The van der Waals surface area contributed by atoms with Crippen molar-refractivity contribution in [1.29, 1.82) is 0 Å². The number of sulfonamides is 1. The zero-order chi connectivity index (χ0) is 17.7. The average Bonchev–Trinajstić information content (AvgIpc) is 2.89. The van der Waals surface area contributed by atoms with Crippen LogP contribution in [0, 0.1) is 6.92 Å². The van der Waals surface area contributed by atoms with E-state index in [1.807, 2.05) is 29.9 Å². The Balaban J connectivity index is 1.89. The zero-order valence-electron chi connectivity index (χ0n) is 14.3. The number of halogens is 1. The molecule has 0 saturated heterocycles. The largest absolute Gasteiger partial charge is 0.271 e. The molecule has 1 aromatic carbocycles. The van der Waals surface area contributed by atoms with Crippen LogP contribution in [-0.4, -0.2) is 24.7 Å². The maximum Gasteiger partial charge on any atom is 0.240 e. The molecule has 0 aliphatic carbocycles. The molecular formula is C17H24BrN3O2S. The molecule has 0 aliphatic rings. The summed E-state index contributed by atoms with van der Waals surface area (Å²) < 4.78 is 30.0. The highest BCUT2D eigenvalue weighted by Gasteiger charge is 2.14. The summed E-state index contributed by atoms with van der Waals surface area (Å²) in [6.45, 7) is 7.23. The van der Waals surface area contributed by atoms with E-state index in [1.165, 1.54) is 0 Å². The van der Waals surface area contributed by atoms with E-state index in [4.69, 9.17) is 0 Å². The second kappa shape index (κ2) is 8.27. The second-order valence-electron chi connectivity index (χ2n) is 5.96. The Bertz CT molecular complexity index is 750. The van der Waals surface area contributed by atoms with Crippen LogP contribution >= 0.6 is 15.9 Å². The molecule has 0 radical (unpaired) electrons. The van der Waals surface area contributed by atoms with Crippen LogP contribution in [0.3, 0.4) is 0 Å². The second-order valence-corrected chi connectivity index (χ2v) is 8.58. The quantitative estimate of drug-likeness (QED) is 0.668. The van der Waals surface area contributed by atoms with Gasteiger partial charge in [0.05, 0.1) is 15.1 Å². The van der Waals surface area contributed by atoms with E-state index >= 15 is 0 Å². The number of nitrogens with zero attached hydrogens (tertiary/aromatic N) is 2. The molecule has 0 amide bonds. The van der Waals surface area contributed by atoms with Gasteiger partial charge in [0.2, 0.25) is 10.0 Å². The van der Waals surface area contributed by atoms with Crippen LogP contribution in [0.4, 0.5) is 0 Å². The SMILES string of the molecule is CCC(C)c1ccc(S(=O)(=O)NCCCn2cc(Br)c(C)n2)cc1. The third kappa shape index (κ3) is 4.91. The minimum absolute atomic E-state index is 0.312. The van der Waals surface area contributed by atoms with Gasteiger partial charge in [0.25, 0.3) is 0 Å². The predicted molar refractivity (Wildman–Crippen MR) is 99.6 cm³/mol. The van der Waals surface area contributed by atoms with E-state index in [9.17, 15) is 8.42 Å². The summed E-state index contributed by atoms with van der Waals surface area (Å²) in [5, 5.41) is 4.33. The first-order valence-corrected chi connectivity index (χ1v) is 10.4. The van der Waals surface area contributed by atoms with Crippen molar-refractivity contribution in [3.63, 3.8) is 0 Å². The van der Waals surface area contributed by atoms with Gasteiger partial charge in [-0.15, -0.1) is 0 Å². The first-order chi connectivity index (χ1) is 11.3. The van der Waals surface area contributed by atoms with Gasteiger partial charge in [0.15, 0.2) is 0 Å². The van der Waals surface area contributed by atoms with E-state index in [-0.39, 0.29) is 0 Å². The summed E-state index contributed by atoms with van der Waals surface area (Å²) in [5.74, 6) is 0.437. The molecule has 1 heterocycles. The number of hydrogen-bond acceptors (Lipinski definition) is 3. The van der Waals surface area contributed by atoms with Gasteiger partial charge in [0, 0.05) is 19.3 Å². The minimum atomic E-state index is -3.46. The smallest absolute Gasteiger partial charge is 0.240 e. The van der Waals surface area contributed by atoms with Crippen LogP contribution in [0.15, 0.2) is 39.8 Å². The molecule has 1 unspecified atom stereocenters. The van der Waals surface area contributed by atoms with Crippen LogP contribution < -0.4 is 4.72 Å². The highest BCUT2D eigenvalue weighted by Crippen LogP contribution is 2.20. The highest BCUT2D eigenvalue weighted by molar-refractivity contribution is 9.10. The topological polar surface area (TPSA) is 64.0 Å². The predicted octanol–water partition coefficient (Wildman–Crippen LogP) is 3.84. The van der Waals surface area contributed by atoms with Crippen LogP contribution in [0.2, 0.25) is 0 Å². The summed E-state index contributed by atoms with van der Waals surface area (Å²) in [7, 11) is -3.46. The lowest BCUT2D eigenvalue weighted by atomic mass is 9.99. The van der Waals surface area contributed by atoms with Crippen molar-refractivity contribution < 1.29 is 8.42 Å². The Morgan fingerprint density at radius 2 is 1.96 bits per heavy atom. The molecule has 0 fully saturated rings. The van der Waals surface area contributed by atoms with Gasteiger partial charge in [0.1, 0.15) is 0 Å². The fourth-order valence-corrected chi connectivity index (χ4v) is 3.74. The normalized spacial score (nSPS) is 13.2.